The van der Waals surface area contributed by atoms with Gasteiger partial charge in [-0.15, -0.1) is 0 Å². The Kier molecular flexibility index (Phi) is 6.38. The van der Waals surface area contributed by atoms with Crippen LogP contribution in [0.15, 0.2) is 16.9 Å². The van der Waals surface area contributed by atoms with Crippen molar-refractivity contribution in [2.75, 3.05) is 40.0 Å². The van der Waals surface area contributed by atoms with Gasteiger partial charge in [-0.3, -0.25) is 9.78 Å². The predicted octanol–water partition coefficient (Wildman–Crippen LogP) is 2.27. The molecule has 2 aromatic rings. The van der Waals surface area contributed by atoms with Gasteiger partial charge in [-0.1, -0.05) is 5.16 Å². The van der Waals surface area contributed by atoms with Crippen LogP contribution in [0, 0.1) is 6.92 Å². The van der Waals surface area contributed by atoms with E-state index in [1.165, 1.54) is 0 Å². The van der Waals surface area contributed by atoms with Gasteiger partial charge in [0.05, 0.1) is 11.9 Å². The summed E-state index contributed by atoms with van der Waals surface area (Å²) in [5.41, 5.74) is 0.922. The molecule has 4 heterocycles. The molecule has 0 aromatic carbocycles. The lowest BCUT2D eigenvalue weighted by Crippen LogP contribution is -2.46. The third kappa shape index (κ3) is 4.37. The first-order valence-electron chi connectivity index (χ1n) is 10.6. The second kappa shape index (κ2) is 9.18. The van der Waals surface area contributed by atoms with Crippen molar-refractivity contribution in [2.45, 2.75) is 50.4 Å². The van der Waals surface area contributed by atoms with Crippen LogP contribution in [0.4, 0.5) is 0 Å². The Hall–Kier alpha value is -2.39. The normalized spacial score (nSPS) is 19.7. The van der Waals surface area contributed by atoms with Gasteiger partial charge < -0.3 is 18.9 Å². The van der Waals surface area contributed by atoms with Crippen LogP contribution in [0.3, 0.4) is 0 Å². The fourth-order valence-electron chi connectivity index (χ4n) is 4.25. The van der Waals surface area contributed by atoms with Crippen molar-refractivity contribution in [3.63, 3.8) is 0 Å². The molecule has 4 rings (SSSR count). The number of amides is 1. The Morgan fingerprint density at radius 3 is 2.67 bits per heavy atom. The highest BCUT2D eigenvalue weighted by Gasteiger charge is 2.41. The van der Waals surface area contributed by atoms with Crippen molar-refractivity contribution >= 4 is 5.91 Å². The lowest BCUT2D eigenvalue weighted by atomic mass is 9.75. The first-order valence-corrected chi connectivity index (χ1v) is 10.6. The summed E-state index contributed by atoms with van der Waals surface area (Å²) in [6.07, 6.45) is 7.30. The molecule has 0 saturated carbocycles. The second-order valence-corrected chi connectivity index (χ2v) is 8.20. The molecule has 162 valence electrons. The van der Waals surface area contributed by atoms with Crippen LogP contribution in [0.25, 0.3) is 0 Å². The molecule has 9 heteroatoms. The van der Waals surface area contributed by atoms with Crippen molar-refractivity contribution < 1.29 is 18.8 Å². The predicted molar refractivity (Wildman–Crippen MR) is 107 cm³/mol. The standard InChI is InChI=1S/C21H29N5O4/c1-15-13-23-17(14-22-15)19(27)26-8-5-21(6-9-26,7-12-28-2)20-24-18(30-25-20)16-3-10-29-11-4-16/h13-14,16H,3-12H2,1-2H3. The molecule has 1 amide bonds. The third-order valence-corrected chi connectivity index (χ3v) is 6.28. The molecule has 2 fully saturated rings. The average molecular weight is 415 g/mol. The fraction of sp³-hybridized carbons (Fsp3) is 0.667. The van der Waals surface area contributed by atoms with E-state index in [4.69, 9.17) is 19.0 Å². The highest BCUT2D eigenvalue weighted by Crippen LogP contribution is 2.38. The molecule has 2 saturated heterocycles. The molecule has 0 N–H and O–H groups in total. The number of carbonyl (C=O) groups excluding carboxylic acids is 1. The number of likely N-dealkylation sites (tertiary alicyclic amines) is 1. The number of piperidine rings is 1. The summed E-state index contributed by atoms with van der Waals surface area (Å²) in [5, 5.41) is 4.37. The zero-order chi connectivity index (χ0) is 21.0. The fourth-order valence-corrected chi connectivity index (χ4v) is 4.25. The van der Waals surface area contributed by atoms with Crippen molar-refractivity contribution in [3.05, 3.63) is 35.5 Å². The van der Waals surface area contributed by atoms with Crippen LogP contribution in [0.1, 0.15) is 65.9 Å². The Morgan fingerprint density at radius 2 is 2.00 bits per heavy atom. The monoisotopic (exact) mass is 415 g/mol. The van der Waals surface area contributed by atoms with Crippen molar-refractivity contribution in [1.29, 1.82) is 0 Å². The maximum absolute atomic E-state index is 12.8. The number of methoxy groups -OCH3 is 1. The van der Waals surface area contributed by atoms with Crippen molar-refractivity contribution in [1.82, 2.24) is 25.0 Å². The first kappa shape index (κ1) is 20.9. The number of nitrogens with zero attached hydrogens (tertiary/aromatic N) is 5. The van der Waals surface area contributed by atoms with E-state index in [1.807, 2.05) is 11.8 Å². The molecule has 2 aliphatic heterocycles. The van der Waals surface area contributed by atoms with Gasteiger partial charge in [-0.25, -0.2) is 4.98 Å². The molecular weight excluding hydrogens is 386 g/mol. The van der Waals surface area contributed by atoms with E-state index in [0.717, 1.165) is 56.8 Å². The summed E-state index contributed by atoms with van der Waals surface area (Å²) in [7, 11) is 1.70. The largest absolute Gasteiger partial charge is 0.385 e. The molecule has 2 aliphatic rings. The van der Waals surface area contributed by atoms with E-state index in [9.17, 15) is 4.79 Å². The molecule has 9 nitrogen and oxygen atoms in total. The summed E-state index contributed by atoms with van der Waals surface area (Å²) in [5.74, 6) is 1.63. The number of hydrogen-bond acceptors (Lipinski definition) is 8. The van der Waals surface area contributed by atoms with Crippen LogP contribution in [-0.2, 0) is 14.9 Å². The lowest BCUT2D eigenvalue weighted by molar-refractivity contribution is 0.0610. The molecule has 30 heavy (non-hydrogen) atoms. The van der Waals surface area contributed by atoms with Gasteiger partial charge in [0.1, 0.15) is 5.69 Å². The summed E-state index contributed by atoms with van der Waals surface area (Å²) in [6.45, 7) is 5.15. The van der Waals surface area contributed by atoms with Gasteiger partial charge >= 0.3 is 0 Å². The summed E-state index contributed by atoms with van der Waals surface area (Å²) in [4.78, 5) is 27.9. The van der Waals surface area contributed by atoms with E-state index in [0.29, 0.717) is 31.3 Å². The molecule has 0 atom stereocenters. The zero-order valence-corrected chi connectivity index (χ0v) is 17.7. The number of ether oxygens (including phenoxy) is 2. The van der Waals surface area contributed by atoms with Crippen LogP contribution in [0.5, 0.6) is 0 Å². The number of carbonyl (C=O) groups is 1. The summed E-state index contributed by atoms with van der Waals surface area (Å²) >= 11 is 0. The summed E-state index contributed by atoms with van der Waals surface area (Å²) in [6, 6.07) is 0. The van der Waals surface area contributed by atoms with Crippen LogP contribution >= 0.6 is 0 Å². The van der Waals surface area contributed by atoms with E-state index in [2.05, 4.69) is 15.1 Å². The highest BCUT2D eigenvalue weighted by atomic mass is 16.5. The smallest absolute Gasteiger partial charge is 0.274 e. The minimum atomic E-state index is -0.251. The van der Waals surface area contributed by atoms with Gasteiger partial charge in [0.15, 0.2) is 5.82 Å². The molecule has 2 aromatic heterocycles. The third-order valence-electron chi connectivity index (χ3n) is 6.28. The minimum Gasteiger partial charge on any atom is -0.385 e. The molecule has 0 unspecified atom stereocenters. The molecule has 0 bridgehead atoms. The number of aryl methyl sites for hydroxylation is 1. The SMILES string of the molecule is COCCC1(c2noc(C3CCOCC3)n2)CCN(C(=O)c2cnc(C)cn2)CC1. The Balaban J connectivity index is 1.48. The van der Waals surface area contributed by atoms with Crippen LogP contribution in [-0.4, -0.2) is 70.9 Å². The van der Waals surface area contributed by atoms with Gasteiger partial charge in [-0.05, 0) is 39.0 Å². The Bertz CT molecular complexity index is 839. The van der Waals surface area contributed by atoms with E-state index in [1.54, 1.807) is 19.5 Å². The maximum Gasteiger partial charge on any atom is 0.274 e. The van der Waals surface area contributed by atoms with Gasteiger partial charge in [-0.2, -0.15) is 4.98 Å². The Labute approximate surface area is 176 Å². The summed E-state index contributed by atoms with van der Waals surface area (Å²) < 4.78 is 16.5. The van der Waals surface area contributed by atoms with E-state index in [-0.39, 0.29) is 17.2 Å². The highest BCUT2D eigenvalue weighted by molar-refractivity contribution is 5.92. The first-order chi connectivity index (χ1) is 14.6. The average Bonchev–Trinajstić information content (AvgIpc) is 3.30. The zero-order valence-electron chi connectivity index (χ0n) is 17.7. The topological polar surface area (TPSA) is 103 Å². The maximum atomic E-state index is 12.8. The minimum absolute atomic E-state index is 0.0844. The van der Waals surface area contributed by atoms with Crippen molar-refractivity contribution in [2.24, 2.45) is 0 Å². The van der Waals surface area contributed by atoms with Gasteiger partial charge in [0, 0.05) is 57.5 Å². The molecule has 0 spiro atoms. The quantitative estimate of drug-likeness (QED) is 0.708. The molecule has 0 radical (unpaired) electrons. The van der Waals surface area contributed by atoms with E-state index < -0.39 is 0 Å². The number of aromatic nitrogens is 4. The Morgan fingerprint density at radius 1 is 1.23 bits per heavy atom. The number of hydrogen-bond donors (Lipinski definition) is 0. The molecule has 0 aliphatic carbocycles. The van der Waals surface area contributed by atoms with Crippen LogP contribution < -0.4 is 0 Å². The lowest BCUT2D eigenvalue weighted by Gasteiger charge is -2.39. The van der Waals surface area contributed by atoms with Crippen molar-refractivity contribution in [3.8, 4) is 0 Å². The van der Waals surface area contributed by atoms with Crippen LogP contribution in [0.2, 0.25) is 0 Å². The van der Waals surface area contributed by atoms with Gasteiger partial charge in [0.25, 0.3) is 5.91 Å². The van der Waals surface area contributed by atoms with Gasteiger partial charge in [0.2, 0.25) is 5.89 Å². The second-order valence-electron chi connectivity index (χ2n) is 8.20. The van der Waals surface area contributed by atoms with E-state index >= 15 is 0 Å². The molecular formula is C21H29N5O4. The number of rotatable bonds is 6.